The molecule has 0 spiro atoms. The monoisotopic (exact) mass is 393 g/mol. The molecule has 29 heavy (non-hydrogen) atoms. The van der Waals surface area contributed by atoms with Crippen LogP contribution >= 0.6 is 0 Å². The van der Waals surface area contributed by atoms with Crippen molar-refractivity contribution in [2.24, 2.45) is 11.8 Å². The molecule has 1 aliphatic rings. The number of hydrogen-bond donors (Lipinski definition) is 0. The van der Waals surface area contributed by atoms with Gasteiger partial charge in [0.1, 0.15) is 5.60 Å². The number of rotatable bonds is 6. The fourth-order valence-corrected chi connectivity index (χ4v) is 4.59. The number of esters is 1. The van der Waals surface area contributed by atoms with Gasteiger partial charge in [0.2, 0.25) is 0 Å². The Bertz CT molecular complexity index is 781. The van der Waals surface area contributed by atoms with Gasteiger partial charge in [0.15, 0.2) is 0 Å². The standard InChI is InChI=1S/C26H35NO2/c1-19-16-17-23(25(28)29-26(3,4)5)24(19)27(18-21-12-8-6-9-13-21)20(2)22-14-10-7-11-15-22/h6-15,19-20,23-24H,16-18H2,1-5H3/t19-,20+,23-,24+/m1/s1. The number of hydrogen-bond acceptors (Lipinski definition) is 3. The second-order valence-corrected chi connectivity index (χ2v) is 9.43. The fourth-order valence-electron chi connectivity index (χ4n) is 4.59. The van der Waals surface area contributed by atoms with Crippen LogP contribution in [0.3, 0.4) is 0 Å². The van der Waals surface area contributed by atoms with Crippen LogP contribution in [0, 0.1) is 11.8 Å². The third kappa shape index (κ3) is 5.48. The van der Waals surface area contributed by atoms with Gasteiger partial charge in [0.25, 0.3) is 0 Å². The minimum Gasteiger partial charge on any atom is -0.460 e. The molecule has 1 saturated carbocycles. The van der Waals surface area contributed by atoms with Crippen molar-refractivity contribution < 1.29 is 9.53 Å². The topological polar surface area (TPSA) is 29.5 Å². The van der Waals surface area contributed by atoms with Crippen LogP contribution in [0.25, 0.3) is 0 Å². The van der Waals surface area contributed by atoms with E-state index in [4.69, 9.17) is 4.74 Å². The first kappa shape index (κ1) is 21.6. The zero-order valence-electron chi connectivity index (χ0n) is 18.5. The highest BCUT2D eigenvalue weighted by molar-refractivity contribution is 5.74. The molecule has 1 fully saturated rings. The molecule has 0 bridgehead atoms. The summed E-state index contributed by atoms with van der Waals surface area (Å²) < 4.78 is 5.82. The van der Waals surface area contributed by atoms with Crippen molar-refractivity contribution in [3.05, 3.63) is 71.8 Å². The molecule has 0 heterocycles. The summed E-state index contributed by atoms with van der Waals surface area (Å²) in [5.74, 6) is 0.312. The molecule has 0 N–H and O–H groups in total. The van der Waals surface area contributed by atoms with E-state index in [1.165, 1.54) is 11.1 Å². The molecule has 3 nitrogen and oxygen atoms in total. The largest absolute Gasteiger partial charge is 0.460 e. The highest BCUT2D eigenvalue weighted by Crippen LogP contribution is 2.40. The molecule has 1 aliphatic carbocycles. The highest BCUT2D eigenvalue weighted by Gasteiger charge is 2.44. The van der Waals surface area contributed by atoms with Crippen LogP contribution in [0.2, 0.25) is 0 Å². The van der Waals surface area contributed by atoms with Gasteiger partial charge in [0, 0.05) is 18.6 Å². The molecule has 0 unspecified atom stereocenters. The summed E-state index contributed by atoms with van der Waals surface area (Å²) in [6.45, 7) is 11.2. The van der Waals surface area contributed by atoms with E-state index in [9.17, 15) is 4.79 Å². The van der Waals surface area contributed by atoms with E-state index in [-0.39, 0.29) is 24.0 Å². The summed E-state index contributed by atoms with van der Waals surface area (Å²) in [7, 11) is 0. The Hall–Kier alpha value is -2.13. The molecule has 2 aromatic rings. The fraction of sp³-hybridized carbons (Fsp3) is 0.500. The highest BCUT2D eigenvalue weighted by atomic mass is 16.6. The molecule has 4 atom stereocenters. The molecule has 3 heteroatoms. The van der Waals surface area contributed by atoms with Crippen LogP contribution in [-0.2, 0) is 16.1 Å². The number of nitrogens with zero attached hydrogens (tertiary/aromatic N) is 1. The summed E-state index contributed by atoms with van der Waals surface area (Å²) in [5.41, 5.74) is 2.10. The van der Waals surface area contributed by atoms with Gasteiger partial charge in [-0.15, -0.1) is 0 Å². The first-order valence-electron chi connectivity index (χ1n) is 10.8. The van der Waals surface area contributed by atoms with Gasteiger partial charge >= 0.3 is 5.97 Å². The molecule has 0 aliphatic heterocycles. The van der Waals surface area contributed by atoms with Crippen molar-refractivity contribution in [3.8, 4) is 0 Å². The normalized spacial score (nSPS) is 23.2. The average molecular weight is 394 g/mol. The van der Waals surface area contributed by atoms with Crippen LogP contribution < -0.4 is 0 Å². The summed E-state index contributed by atoms with van der Waals surface area (Å²) in [6, 6.07) is 21.6. The molecule has 3 rings (SSSR count). The van der Waals surface area contributed by atoms with E-state index in [2.05, 4.69) is 79.4 Å². The Balaban J connectivity index is 1.93. The molecule has 0 aromatic heterocycles. The summed E-state index contributed by atoms with van der Waals surface area (Å²) in [6.07, 6.45) is 1.95. The van der Waals surface area contributed by atoms with E-state index < -0.39 is 5.60 Å². The SMILES string of the molecule is C[C@@H]1CC[C@@H](C(=O)OC(C)(C)C)[C@H]1N(Cc1ccccc1)[C@@H](C)c1ccccc1. The second kappa shape index (κ2) is 9.13. The maximum atomic E-state index is 13.1. The Morgan fingerprint density at radius 3 is 2.21 bits per heavy atom. The van der Waals surface area contributed by atoms with E-state index in [1.54, 1.807) is 0 Å². The van der Waals surface area contributed by atoms with Crippen LogP contribution in [0.4, 0.5) is 0 Å². The Morgan fingerprint density at radius 1 is 1.03 bits per heavy atom. The lowest BCUT2D eigenvalue weighted by Crippen LogP contribution is -2.46. The van der Waals surface area contributed by atoms with Crippen molar-refractivity contribution in [1.29, 1.82) is 0 Å². The van der Waals surface area contributed by atoms with Crippen molar-refractivity contribution >= 4 is 5.97 Å². The molecular weight excluding hydrogens is 358 g/mol. The number of benzene rings is 2. The number of ether oxygens (including phenoxy) is 1. The number of carbonyl (C=O) groups excluding carboxylic acids is 1. The summed E-state index contributed by atoms with van der Waals surface area (Å²) >= 11 is 0. The van der Waals surface area contributed by atoms with E-state index in [1.807, 2.05) is 20.8 Å². The van der Waals surface area contributed by atoms with Crippen molar-refractivity contribution in [2.75, 3.05) is 0 Å². The van der Waals surface area contributed by atoms with Gasteiger partial charge in [-0.1, -0.05) is 67.6 Å². The van der Waals surface area contributed by atoms with Crippen LogP contribution in [0.5, 0.6) is 0 Å². The van der Waals surface area contributed by atoms with Gasteiger partial charge in [-0.3, -0.25) is 9.69 Å². The molecule has 0 amide bonds. The Labute approximate surface area is 176 Å². The summed E-state index contributed by atoms with van der Waals surface area (Å²) in [5, 5.41) is 0. The Morgan fingerprint density at radius 2 is 1.62 bits per heavy atom. The van der Waals surface area contributed by atoms with Crippen LogP contribution in [0.1, 0.15) is 64.6 Å². The lowest BCUT2D eigenvalue weighted by Gasteiger charge is -2.40. The first-order chi connectivity index (χ1) is 13.8. The predicted molar refractivity (Wildman–Crippen MR) is 118 cm³/mol. The van der Waals surface area contributed by atoms with Gasteiger partial charge in [-0.25, -0.2) is 0 Å². The minimum atomic E-state index is -0.456. The zero-order chi connectivity index (χ0) is 21.0. The maximum Gasteiger partial charge on any atom is 0.311 e. The third-order valence-electron chi connectivity index (χ3n) is 6.01. The maximum absolute atomic E-state index is 13.1. The van der Waals surface area contributed by atoms with Gasteiger partial charge in [0.05, 0.1) is 5.92 Å². The van der Waals surface area contributed by atoms with Gasteiger partial charge in [-0.05, 0) is 57.6 Å². The van der Waals surface area contributed by atoms with Gasteiger partial charge in [-0.2, -0.15) is 0 Å². The molecular formula is C26H35NO2. The molecule has 0 saturated heterocycles. The molecule has 0 radical (unpaired) electrons. The van der Waals surface area contributed by atoms with E-state index >= 15 is 0 Å². The van der Waals surface area contributed by atoms with Crippen molar-refractivity contribution in [2.45, 2.75) is 71.7 Å². The quantitative estimate of drug-likeness (QED) is 0.563. The molecule has 156 valence electrons. The van der Waals surface area contributed by atoms with E-state index in [0.29, 0.717) is 5.92 Å². The minimum absolute atomic E-state index is 0.0508. The van der Waals surface area contributed by atoms with E-state index in [0.717, 1.165) is 19.4 Å². The van der Waals surface area contributed by atoms with Gasteiger partial charge < -0.3 is 4.74 Å². The predicted octanol–water partition coefficient (Wildman–Crippen LogP) is 6.01. The Kier molecular flexibility index (Phi) is 6.79. The third-order valence-corrected chi connectivity index (χ3v) is 6.01. The van der Waals surface area contributed by atoms with Crippen LogP contribution in [0.15, 0.2) is 60.7 Å². The first-order valence-corrected chi connectivity index (χ1v) is 10.8. The van der Waals surface area contributed by atoms with Crippen LogP contribution in [-0.4, -0.2) is 22.5 Å². The molecule has 2 aromatic carbocycles. The second-order valence-electron chi connectivity index (χ2n) is 9.43. The lowest BCUT2D eigenvalue weighted by atomic mass is 9.92. The van der Waals surface area contributed by atoms with Crippen molar-refractivity contribution in [3.63, 3.8) is 0 Å². The number of carbonyl (C=O) groups is 1. The zero-order valence-corrected chi connectivity index (χ0v) is 18.5. The smallest absolute Gasteiger partial charge is 0.311 e. The van der Waals surface area contributed by atoms with Crippen molar-refractivity contribution in [1.82, 2.24) is 4.90 Å². The lowest BCUT2D eigenvalue weighted by molar-refractivity contribution is -0.162. The average Bonchev–Trinajstić information content (AvgIpc) is 3.07. The summed E-state index contributed by atoms with van der Waals surface area (Å²) in [4.78, 5) is 15.6.